The number of nitrogens with zero attached hydrogens (tertiary/aromatic N) is 5. The Morgan fingerprint density at radius 1 is 1.61 bits per heavy atom. The average Bonchev–Trinajstić information content (AvgIpc) is 2.38. The highest BCUT2D eigenvalue weighted by Gasteiger charge is 2.19. The van der Waals surface area contributed by atoms with Crippen molar-refractivity contribution in [2.45, 2.75) is 18.6 Å². The Hall–Kier alpha value is -2.33. The maximum Gasteiger partial charge on any atom is 0.141 e. The van der Waals surface area contributed by atoms with E-state index in [0.717, 1.165) is 0 Å². The van der Waals surface area contributed by atoms with Crippen LogP contribution >= 0.6 is 0 Å². The van der Waals surface area contributed by atoms with E-state index >= 15 is 0 Å². The van der Waals surface area contributed by atoms with Crippen molar-refractivity contribution < 1.29 is 10.2 Å². The van der Waals surface area contributed by atoms with Gasteiger partial charge in [-0.1, -0.05) is 5.11 Å². The number of aromatic nitrogens is 1. The number of nitrogens with two attached hydrogens (primary N) is 1. The van der Waals surface area contributed by atoms with E-state index in [2.05, 4.69) is 15.0 Å². The standard InChI is InChI=1S/C10H12N6O2/c11-4-6-3-7(5-14-10(6)12)9(18)8(17)1-2-15-16-13/h3,5,8-9,17-18H,1-2H2,(H2,12,14). The van der Waals surface area contributed by atoms with Gasteiger partial charge in [0.1, 0.15) is 18.0 Å². The molecule has 94 valence electrons. The lowest BCUT2D eigenvalue weighted by Gasteiger charge is -2.17. The number of nitriles is 1. The summed E-state index contributed by atoms with van der Waals surface area (Å²) < 4.78 is 0. The van der Waals surface area contributed by atoms with Gasteiger partial charge in [0.25, 0.3) is 0 Å². The number of azide groups is 1. The van der Waals surface area contributed by atoms with Crippen LogP contribution in [0.5, 0.6) is 0 Å². The molecule has 0 fully saturated rings. The van der Waals surface area contributed by atoms with Gasteiger partial charge in [0.15, 0.2) is 0 Å². The Kier molecular flexibility index (Phi) is 4.90. The van der Waals surface area contributed by atoms with E-state index in [1.165, 1.54) is 12.3 Å². The highest BCUT2D eigenvalue weighted by atomic mass is 16.3. The van der Waals surface area contributed by atoms with Crippen LogP contribution in [-0.2, 0) is 0 Å². The SMILES string of the molecule is N#Cc1cc(C(O)C(O)CCN=[N+]=[N-])cnc1N. The third kappa shape index (κ3) is 3.33. The molecule has 0 saturated carbocycles. The van der Waals surface area contributed by atoms with Crippen LogP contribution in [0.4, 0.5) is 5.82 Å². The molecule has 2 atom stereocenters. The molecule has 1 rings (SSSR count). The molecule has 18 heavy (non-hydrogen) atoms. The van der Waals surface area contributed by atoms with Crippen molar-refractivity contribution in [1.29, 1.82) is 5.26 Å². The Bertz CT molecular complexity index is 506. The van der Waals surface area contributed by atoms with Crippen LogP contribution in [0.25, 0.3) is 10.4 Å². The van der Waals surface area contributed by atoms with E-state index in [1.807, 2.05) is 6.07 Å². The molecule has 2 unspecified atom stereocenters. The molecule has 0 radical (unpaired) electrons. The molecule has 0 saturated heterocycles. The second-order valence-corrected chi connectivity index (χ2v) is 3.57. The van der Waals surface area contributed by atoms with Crippen molar-refractivity contribution in [3.63, 3.8) is 0 Å². The number of aliphatic hydroxyl groups is 2. The van der Waals surface area contributed by atoms with Gasteiger partial charge in [0, 0.05) is 23.2 Å². The van der Waals surface area contributed by atoms with Gasteiger partial charge in [-0.15, -0.1) is 0 Å². The lowest BCUT2D eigenvalue weighted by atomic mass is 10.0. The van der Waals surface area contributed by atoms with Gasteiger partial charge < -0.3 is 15.9 Å². The molecule has 0 aromatic carbocycles. The normalized spacial score (nSPS) is 13.2. The number of nitrogen functional groups attached to an aromatic ring is 1. The van der Waals surface area contributed by atoms with Crippen LogP contribution in [0, 0.1) is 11.3 Å². The highest BCUT2D eigenvalue weighted by Crippen LogP contribution is 2.21. The van der Waals surface area contributed by atoms with Crippen LogP contribution < -0.4 is 5.73 Å². The van der Waals surface area contributed by atoms with Crippen LogP contribution in [0.3, 0.4) is 0 Å². The van der Waals surface area contributed by atoms with Crippen molar-refractivity contribution in [3.8, 4) is 6.07 Å². The maximum absolute atomic E-state index is 9.82. The molecule has 0 aliphatic rings. The van der Waals surface area contributed by atoms with E-state index < -0.39 is 12.2 Å². The fraction of sp³-hybridized carbons (Fsp3) is 0.400. The first-order chi connectivity index (χ1) is 8.60. The first kappa shape index (κ1) is 13.7. The van der Waals surface area contributed by atoms with E-state index in [4.69, 9.17) is 16.5 Å². The molecule has 0 spiro atoms. The Morgan fingerprint density at radius 2 is 2.33 bits per heavy atom. The monoisotopic (exact) mass is 248 g/mol. The lowest BCUT2D eigenvalue weighted by molar-refractivity contribution is 0.0148. The van der Waals surface area contributed by atoms with Crippen molar-refractivity contribution in [1.82, 2.24) is 4.98 Å². The fourth-order valence-electron chi connectivity index (χ4n) is 1.36. The summed E-state index contributed by atoms with van der Waals surface area (Å²) in [5.41, 5.74) is 13.9. The molecule has 8 nitrogen and oxygen atoms in total. The third-order valence-electron chi connectivity index (χ3n) is 2.35. The summed E-state index contributed by atoms with van der Waals surface area (Å²) in [6.07, 6.45) is -0.915. The summed E-state index contributed by atoms with van der Waals surface area (Å²) >= 11 is 0. The molecule has 1 aromatic heterocycles. The predicted molar refractivity (Wildman–Crippen MR) is 63.0 cm³/mol. The van der Waals surface area contributed by atoms with E-state index in [0.29, 0.717) is 0 Å². The van der Waals surface area contributed by atoms with Gasteiger partial charge in [-0.25, -0.2) is 4.98 Å². The second-order valence-electron chi connectivity index (χ2n) is 3.57. The summed E-state index contributed by atoms with van der Waals surface area (Å²) in [6, 6.07) is 3.20. The van der Waals surface area contributed by atoms with Crippen molar-refractivity contribution in [3.05, 3.63) is 33.8 Å². The molecule has 0 aliphatic carbocycles. The molecule has 0 amide bonds. The summed E-state index contributed by atoms with van der Waals surface area (Å²) in [4.78, 5) is 6.29. The zero-order valence-electron chi connectivity index (χ0n) is 9.43. The minimum Gasteiger partial charge on any atom is -0.390 e. The summed E-state index contributed by atoms with van der Waals surface area (Å²) in [5, 5.41) is 31.5. The maximum atomic E-state index is 9.82. The highest BCUT2D eigenvalue weighted by molar-refractivity contribution is 5.49. The summed E-state index contributed by atoms with van der Waals surface area (Å²) in [5.74, 6) is 0.0667. The van der Waals surface area contributed by atoms with Crippen molar-refractivity contribution in [2.75, 3.05) is 12.3 Å². The molecule has 1 aromatic rings. The number of hydrogen-bond donors (Lipinski definition) is 3. The molecule has 4 N–H and O–H groups in total. The predicted octanol–water partition coefficient (Wildman–Crippen LogP) is 0.630. The lowest BCUT2D eigenvalue weighted by Crippen LogP contribution is -2.19. The van der Waals surface area contributed by atoms with Gasteiger partial charge in [-0.3, -0.25) is 0 Å². The van der Waals surface area contributed by atoms with Crippen LogP contribution in [-0.4, -0.2) is 27.8 Å². The first-order valence-electron chi connectivity index (χ1n) is 5.12. The van der Waals surface area contributed by atoms with Crippen LogP contribution in [0.1, 0.15) is 23.7 Å². The third-order valence-corrected chi connectivity index (χ3v) is 2.35. The number of anilines is 1. The zero-order valence-corrected chi connectivity index (χ0v) is 9.43. The molecular weight excluding hydrogens is 236 g/mol. The van der Waals surface area contributed by atoms with Gasteiger partial charge in [0.2, 0.25) is 0 Å². The van der Waals surface area contributed by atoms with Crippen LogP contribution in [0.15, 0.2) is 17.4 Å². The van der Waals surface area contributed by atoms with E-state index in [9.17, 15) is 10.2 Å². The minimum atomic E-state index is -1.21. The molecule has 0 bridgehead atoms. The summed E-state index contributed by atoms with van der Waals surface area (Å²) in [7, 11) is 0. The van der Waals surface area contributed by atoms with E-state index in [-0.39, 0.29) is 29.9 Å². The fourth-order valence-corrected chi connectivity index (χ4v) is 1.36. The Balaban J connectivity index is 2.80. The Labute approximate surface area is 103 Å². The number of rotatable bonds is 5. The van der Waals surface area contributed by atoms with Crippen molar-refractivity contribution in [2.24, 2.45) is 5.11 Å². The van der Waals surface area contributed by atoms with Crippen molar-refractivity contribution >= 4 is 5.82 Å². The number of hydrogen-bond acceptors (Lipinski definition) is 6. The zero-order chi connectivity index (χ0) is 13.5. The minimum absolute atomic E-state index is 0.0667. The smallest absolute Gasteiger partial charge is 0.141 e. The van der Waals surface area contributed by atoms with Gasteiger partial charge in [0.05, 0.1) is 11.7 Å². The molecule has 0 aliphatic heterocycles. The molecule has 8 heteroatoms. The number of pyridine rings is 1. The topological polar surface area (TPSA) is 152 Å². The Morgan fingerprint density at radius 3 is 2.94 bits per heavy atom. The molecular formula is C10H12N6O2. The van der Waals surface area contributed by atoms with Gasteiger partial charge in [-0.05, 0) is 18.0 Å². The van der Waals surface area contributed by atoms with Gasteiger partial charge in [-0.2, -0.15) is 5.26 Å². The first-order valence-corrected chi connectivity index (χ1v) is 5.12. The van der Waals surface area contributed by atoms with Crippen LogP contribution in [0.2, 0.25) is 0 Å². The quantitative estimate of drug-likeness (QED) is 0.396. The largest absolute Gasteiger partial charge is 0.390 e. The van der Waals surface area contributed by atoms with Gasteiger partial charge >= 0.3 is 0 Å². The summed E-state index contributed by atoms with van der Waals surface area (Å²) in [6.45, 7) is 0.0717. The van der Waals surface area contributed by atoms with E-state index in [1.54, 1.807) is 0 Å². The average molecular weight is 248 g/mol. The molecule has 1 heterocycles. The second kappa shape index (κ2) is 6.42. The number of aliphatic hydroxyl groups excluding tert-OH is 2.